The lowest BCUT2D eigenvalue weighted by Gasteiger charge is -2.12. The molecule has 11 aromatic rings. The fourth-order valence-electron chi connectivity index (χ4n) is 7.95. The monoisotopic (exact) mass is 636 g/mol. The van der Waals surface area contributed by atoms with Crippen molar-refractivity contribution in [3.63, 3.8) is 0 Å². The highest BCUT2D eigenvalue weighted by Gasteiger charge is 2.21. The third-order valence-electron chi connectivity index (χ3n) is 10.3. The first kappa shape index (κ1) is 27.2. The van der Waals surface area contributed by atoms with E-state index in [0.717, 1.165) is 44.4 Å². The van der Waals surface area contributed by atoms with E-state index >= 15 is 0 Å². The van der Waals surface area contributed by atoms with Crippen LogP contribution in [0.15, 0.2) is 170 Å². The van der Waals surface area contributed by atoms with Gasteiger partial charge in [-0.2, -0.15) is 0 Å². The molecule has 0 bridgehead atoms. The Labute approximate surface area is 287 Å². The third-order valence-corrected chi connectivity index (χ3v) is 10.3. The summed E-state index contributed by atoms with van der Waals surface area (Å²) in [5.74, 6) is 0.658. The first-order chi connectivity index (χ1) is 24.8. The van der Waals surface area contributed by atoms with Gasteiger partial charge in [0.15, 0.2) is 0 Å². The molecule has 0 aliphatic rings. The molecule has 0 aliphatic carbocycles. The Bertz CT molecular complexity index is 3150. The fraction of sp³-hybridized carbons (Fsp3) is 0. The molecule has 0 unspecified atom stereocenters. The largest absolute Gasteiger partial charge is 0.309 e. The minimum atomic E-state index is 0.658. The van der Waals surface area contributed by atoms with Gasteiger partial charge >= 0.3 is 0 Å². The van der Waals surface area contributed by atoms with Crippen molar-refractivity contribution in [2.24, 2.45) is 0 Å². The van der Waals surface area contributed by atoms with E-state index in [1.165, 1.54) is 48.6 Å². The molecular formula is C46H28N4. The first-order valence-electron chi connectivity index (χ1n) is 17.0. The van der Waals surface area contributed by atoms with Gasteiger partial charge in [0.25, 0.3) is 0 Å². The van der Waals surface area contributed by atoms with Crippen LogP contribution in [0.25, 0.3) is 99.0 Å². The van der Waals surface area contributed by atoms with Crippen molar-refractivity contribution >= 4 is 76.1 Å². The highest BCUT2D eigenvalue weighted by molar-refractivity contribution is 6.20. The molecule has 8 aromatic carbocycles. The van der Waals surface area contributed by atoms with Crippen LogP contribution in [0.4, 0.5) is 0 Å². The molecule has 232 valence electrons. The van der Waals surface area contributed by atoms with Crippen molar-refractivity contribution in [2.75, 3.05) is 0 Å². The van der Waals surface area contributed by atoms with Gasteiger partial charge in [0, 0.05) is 38.2 Å². The lowest BCUT2D eigenvalue weighted by Crippen LogP contribution is -2.03. The summed E-state index contributed by atoms with van der Waals surface area (Å²) in [6, 6.07) is 60.8. The van der Waals surface area contributed by atoms with Gasteiger partial charge < -0.3 is 4.57 Å². The number of rotatable bonds is 3. The van der Waals surface area contributed by atoms with E-state index < -0.39 is 0 Å². The summed E-state index contributed by atoms with van der Waals surface area (Å²) >= 11 is 0. The van der Waals surface area contributed by atoms with Crippen LogP contribution in [0.2, 0.25) is 0 Å². The molecule has 4 nitrogen and oxygen atoms in total. The number of fused-ring (bicyclic) bond motifs is 9. The van der Waals surface area contributed by atoms with Gasteiger partial charge in [-0.1, -0.05) is 121 Å². The molecule has 0 fully saturated rings. The summed E-state index contributed by atoms with van der Waals surface area (Å²) in [4.78, 5) is 10.6. The second-order valence-corrected chi connectivity index (χ2v) is 13.1. The average Bonchev–Trinajstić information content (AvgIpc) is 3.67. The lowest BCUT2D eigenvalue weighted by atomic mass is 10.0. The summed E-state index contributed by atoms with van der Waals surface area (Å²) in [5.41, 5.74) is 8.52. The zero-order valence-electron chi connectivity index (χ0n) is 27.0. The maximum atomic E-state index is 5.38. The molecule has 0 radical (unpaired) electrons. The second-order valence-electron chi connectivity index (χ2n) is 13.1. The number of para-hydroxylation sites is 2. The quantitative estimate of drug-likeness (QED) is 0.193. The van der Waals surface area contributed by atoms with Crippen LogP contribution >= 0.6 is 0 Å². The van der Waals surface area contributed by atoms with Gasteiger partial charge in [0.1, 0.15) is 0 Å². The summed E-state index contributed by atoms with van der Waals surface area (Å²) in [5, 5.41) is 10.7. The maximum absolute atomic E-state index is 5.38. The molecule has 4 heteroatoms. The van der Waals surface area contributed by atoms with Crippen LogP contribution < -0.4 is 0 Å². The van der Waals surface area contributed by atoms with E-state index in [1.807, 2.05) is 6.07 Å². The molecule has 11 rings (SSSR count). The van der Waals surface area contributed by atoms with Crippen molar-refractivity contribution in [3.05, 3.63) is 170 Å². The molecule has 0 N–H and O–H groups in total. The Kier molecular flexibility index (Phi) is 5.63. The standard InChI is InChI=1S/C46H28N4/c1-2-13-30(14-3-1)45-36-19-8-10-20-40(36)47-46(48-45)50-42-26-33-17-7-6-16-32(33)25-37(42)39-27-38-35-18-9-11-21-41(35)49(43(38)28-44(39)50)34-23-22-29-12-4-5-15-31(29)24-34/h1-28H. The minimum absolute atomic E-state index is 0.658. The van der Waals surface area contributed by atoms with Gasteiger partial charge in [-0.15, -0.1) is 0 Å². The summed E-state index contributed by atoms with van der Waals surface area (Å²) in [6.07, 6.45) is 0. The highest BCUT2D eigenvalue weighted by Crippen LogP contribution is 2.41. The molecule has 50 heavy (non-hydrogen) atoms. The van der Waals surface area contributed by atoms with Crippen LogP contribution in [-0.2, 0) is 0 Å². The van der Waals surface area contributed by atoms with Crippen molar-refractivity contribution in [1.82, 2.24) is 19.1 Å². The summed E-state index contributed by atoms with van der Waals surface area (Å²) in [7, 11) is 0. The van der Waals surface area contributed by atoms with E-state index in [4.69, 9.17) is 9.97 Å². The van der Waals surface area contributed by atoms with E-state index in [1.54, 1.807) is 0 Å². The summed E-state index contributed by atoms with van der Waals surface area (Å²) in [6.45, 7) is 0. The average molecular weight is 637 g/mol. The number of hydrogen-bond acceptors (Lipinski definition) is 2. The maximum Gasteiger partial charge on any atom is 0.235 e. The molecule has 0 saturated carbocycles. The van der Waals surface area contributed by atoms with Crippen molar-refractivity contribution < 1.29 is 0 Å². The predicted molar refractivity (Wildman–Crippen MR) is 209 cm³/mol. The molecule has 0 spiro atoms. The molecule has 3 heterocycles. The highest BCUT2D eigenvalue weighted by atomic mass is 15.2. The summed E-state index contributed by atoms with van der Waals surface area (Å²) < 4.78 is 4.68. The molecule has 0 aliphatic heterocycles. The van der Waals surface area contributed by atoms with Crippen molar-refractivity contribution in [3.8, 4) is 22.9 Å². The van der Waals surface area contributed by atoms with Gasteiger partial charge in [-0.3, -0.25) is 4.57 Å². The Hall–Kier alpha value is -6.78. The molecular weight excluding hydrogens is 609 g/mol. The molecule has 0 saturated heterocycles. The molecule has 3 aromatic heterocycles. The molecule has 0 atom stereocenters. The minimum Gasteiger partial charge on any atom is -0.309 e. The SMILES string of the molecule is c1ccc(-c2nc(-n3c4cc5ccccc5cc4c4cc5c6ccccc6n(-c6ccc7ccccc7c6)c5cc43)nc3ccccc23)cc1. The number of nitrogens with zero attached hydrogens (tertiary/aromatic N) is 4. The zero-order valence-corrected chi connectivity index (χ0v) is 27.0. The number of hydrogen-bond donors (Lipinski definition) is 0. The smallest absolute Gasteiger partial charge is 0.235 e. The van der Waals surface area contributed by atoms with E-state index in [-0.39, 0.29) is 0 Å². The normalized spacial score (nSPS) is 12.0. The van der Waals surface area contributed by atoms with Crippen LogP contribution in [0.3, 0.4) is 0 Å². The van der Waals surface area contributed by atoms with Crippen LogP contribution in [0, 0.1) is 0 Å². The number of benzene rings is 8. The Morgan fingerprint density at radius 1 is 0.340 bits per heavy atom. The van der Waals surface area contributed by atoms with Crippen LogP contribution in [0.5, 0.6) is 0 Å². The van der Waals surface area contributed by atoms with Crippen LogP contribution in [-0.4, -0.2) is 19.1 Å². The van der Waals surface area contributed by atoms with Crippen molar-refractivity contribution in [2.45, 2.75) is 0 Å². The zero-order chi connectivity index (χ0) is 32.8. The van der Waals surface area contributed by atoms with E-state index in [0.29, 0.717) is 5.95 Å². The van der Waals surface area contributed by atoms with Gasteiger partial charge in [0.2, 0.25) is 5.95 Å². The first-order valence-corrected chi connectivity index (χ1v) is 17.0. The Balaban J connectivity index is 1.30. The topological polar surface area (TPSA) is 35.6 Å². The Morgan fingerprint density at radius 2 is 0.940 bits per heavy atom. The van der Waals surface area contributed by atoms with Gasteiger partial charge in [-0.25, -0.2) is 9.97 Å². The Morgan fingerprint density at radius 3 is 1.78 bits per heavy atom. The van der Waals surface area contributed by atoms with E-state index in [2.05, 4.69) is 173 Å². The second kappa shape index (κ2) is 10.4. The lowest BCUT2D eigenvalue weighted by molar-refractivity contribution is 1.01. The van der Waals surface area contributed by atoms with Gasteiger partial charge in [-0.05, 0) is 70.1 Å². The number of aromatic nitrogens is 4. The van der Waals surface area contributed by atoms with Crippen LogP contribution in [0.1, 0.15) is 0 Å². The predicted octanol–water partition coefficient (Wildman–Crippen LogP) is 11.8. The van der Waals surface area contributed by atoms with Gasteiger partial charge in [0.05, 0.1) is 33.3 Å². The molecule has 0 amide bonds. The fourth-order valence-corrected chi connectivity index (χ4v) is 7.95. The third kappa shape index (κ3) is 3.93. The van der Waals surface area contributed by atoms with E-state index in [9.17, 15) is 0 Å². The van der Waals surface area contributed by atoms with Crippen molar-refractivity contribution in [1.29, 1.82) is 0 Å².